The van der Waals surface area contributed by atoms with Gasteiger partial charge in [0.15, 0.2) is 0 Å². The predicted molar refractivity (Wildman–Crippen MR) is 93.2 cm³/mol. The van der Waals surface area contributed by atoms with Crippen LogP contribution in [0.1, 0.15) is 31.2 Å². The molecule has 0 radical (unpaired) electrons. The Hall–Kier alpha value is -2.82. The largest absolute Gasteiger partial charge is 0.457 e. The second kappa shape index (κ2) is 6.24. The lowest BCUT2D eigenvalue weighted by Crippen LogP contribution is -2.44. The van der Waals surface area contributed by atoms with E-state index < -0.39 is 5.54 Å². The van der Waals surface area contributed by atoms with Gasteiger partial charge in [0.1, 0.15) is 17.0 Å². The summed E-state index contributed by atoms with van der Waals surface area (Å²) in [4.78, 5) is 26.5. The Morgan fingerprint density at radius 2 is 1.64 bits per heavy atom. The van der Waals surface area contributed by atoms with Gasteiger partial charge < -0.3 is 10.1 Å². The second-order valence-corrected chi connectivity index (χ2v) is 6.63. The highest BCUT2D eigenvalue weighted by molar-refractivity contribution is 6.07. The van der Waals surface area contributed by atoms with Crippen molar-refractivity contribution in [2.45, 2.75) is 37.8 Å². The average Bonchev–Trinajstić information content (AvgIpc) is 3.18. The quantitative estimate of drug-likeness (QED) is 0.863. The summed E-state index contributed by atoms with van der Waals surface area (Å²) in [5, 5.41) is 2.92. The van der Waals surface area contributed by atoms with Crippen molar-refractivity contribution in [3.8, 4) is 11.5 Å². The van der Waals surface area contributed by atoms with Gasteiger partial charge in [-0.25, -0.2) is 4.79 Å². The summed E-state index contributed by atoms with van der Waals surface area (Å²) in [7, 11) is 0. The monoisotopic (exact) mass is 336 g/mol. The minimum atomic E-state index is -0.674. The van der Waals surface area contributed by atoms with Crippen LogP contribution in [0, 0.1) is 0 Å². The van der Waals surface area contributed by atoms with Gasteiger partial charge in [0.2, 0.25) is 0 Å². The molecule has 2 aromatic rings. The van der Waals surface area contributed by atoms with Crippen molar-refractivity contribution in [2.75, 3.05) is 0 Å². The second-order valence-electron chi connectivity index (χ2n) is 6.63. The standard InChI is InChI=1S/C20H20N2O3/c23-18-20(12-6-7-13-20)21-19(24)22(18)14-15-8-4-5-11-17(15)25-16-9-2-1-3-10-16/h1-5,8-11H,6-7,12-14H2,(H,21,24). The number of nitrogens with zero attached hydrogens (tertiary/aromatic N) is 1. The third-order valence-electron chi connectivity index (χ3n) is 4.98. The number of benzene rings is 2. The molecule has 3 amide bonds. The molecule has 0 aromatic heterocycles. The van der Waals surface area contributed by atoms with Gasteiger partial charge in [0, 0.05) is 5.56 Å². The molecule has 0 bridgehead atoms. The number of imide groups is 1. The summed E-state index contributed by atoms with van der Waals surface area (Å²) in [5.41, 5.74) is 0.136. The van der Waals surface area contributed by atoms with Crippen LogP contribution in [0.25, 0.3) is 0 Å². The lowest BCUT2D eigenvalue weighted by Gasteiger charge is -2.20. The van der Waals surface area contributed by atoms with E-state index in [2.05, 4.69) is 5.32 Å². The zero-order valence-corrected chi connectivity index (χ0v) is 13.9. The van der Waals surface area contributed by atoms with Gasteiger partial charge in [-0.3, -0.25) is 9.69 Å². The van der Waals surface area contributed by atoms with E-state index in [0.29, 0.717) is 5.75 Å². The van der Waals surface area contributed by atoms with Crippen LogP contribution in [-0.4, -0.2) is 22.4 Å². The molecule has 2 fully saturated rings. The summed E-state index contributed by atoms with van der Waals surface area (Å²) in [5.74, 6) is 1.27. The Morgan fingerprint density at radius 3 is 2.40 bits per heavy atom. The molecular formula is C20H20N2O3. The number of urea groups is 1. The number of hydrogen-bond donors (Lipinski definition) is 1. The summed E-state index contributed by atoms with van der Waals surface area (Å²) in [6, 6.07) is 16.7. The van der Waals surface area contributed by atoms with Crippen molar-refractivity contribution in [1.29, 1.82) is 0 Å². The zero-order valence-electron chi connectivity index (χ0n) is 13.9. The van der Waals surface area contributed by atoms with E-state index >= 15 is 0 Å². The van der Waals surface area contributed by atoms with E-state index in [1.807, 2.05) is 54.6 Å². The predicted octanol–water partition coefficient (Wildman–Crippen LogP) is 3.84. The van der Waals surface area contributed by atoms with Crippen LogP contribution in [0.3, 0.4) is 0 Å². The molecule has 4 rings (SSSR count). The summed E-state index contributed by atoms with van der Waals surface area (Å²) >= 11 is 0. The SMILES string of the molecule is O=C1NC2(CCCC2)C(=O)N1Cc1ccccc1Oc1ccccc1. The average molecular weight is 336 g/mol. The summed E-state index contributed by atoms with van der Waals surface area (Å²) < 4.78 is 5.94. The van der Waals surface area contributed by atoms with E-state index in [4.69, 9.17) is 4.74 Å². The first-order valence-electron chi connectivity index (χ1n) is 8.63. The van der Waals surface area contributed by atoms with Crippen molar-refractivity contribution in [3.63, 3.8) is 0 Å². The highest BCUT2D eigenvalue weighted by Crippen LogP contribution is 2.36. The van der Waals surface area contributed by atoms with E-state index in [0.717, 1.165) is 37.0 Å². The molecule has 5 heteroatoms. The Bertz CT molecular complexity index is 798. The van der Waals surface area contributed by atoms with Crippen molar-refractivity contribution >= 4 is 11.9 Å². The molecule has 0 atom stereocenters. The molecule has 128 valence electrons. The van der Waals surface area contributed by atoms with Gasteiger partial charge >= 0.3 is 6.03 Å². The van der Waals surface area contributed by atoms with Crippen LogP contribution < -0.4 is 10.1 Å². The lowest BCUT2D eigenvalue weighted by molar-refractivity contribution is -0.131. The molecule has 1 aliphatic carbocycles. The first kappa shape index (κ1) is 15.7. The zero-order chi connectivity index (χ0) is 17.3. The van der Waals surface area contributed by atoms with Gasteiger partial charge in [0.05, 0.1) is 6.54 Å². The van der Waals surface area contributed by atoms with E-state index in [1.165, 1.54) is 4.90 Å². The van der Waals surface area contributed by atoms with Gasteiger partial charge in [-0.2, -0.15) is 0 Å². The Morgan fingerprint density at radius 1 is 0.960 bits per heavy atom. The highest BCUT2D eigenvalue weighted by Gasteiger charge is 2.52. The van der Waals surface area contributed by atoms with Gasteiger partial charge in [-0.05, 0) is 31.0 Å². The maximum absolute atomic E-state index is 12.8. The topological polar surface area (TPSA) is 58.6 Å². The Labute approximate surface area is 146 Å². The number of amides is 3. The smallest absolute Gasteiger partial charge is 0.325 e. The third-order valence-corrected chi connectivity index (χ3v) is 4.98. The maximum atomic E-state index is 12.8. The number of carbonyl (C=O) groups excluding carboxylic acids is 2. The number of hydrogen-bond acceptors (Lipinski definition) is 3. The van der Waals surface area contributed by atoms with Crippen LogP contribution in [0.4, 0.5) is 4.79 Å². The number of carbonyl (C=O) groups is 2. The molecule has 1 spiro atoms. The van der Waals surface area contributed by atoms with E-state index in [1.54, 1.807) is 0 Å². The van der Waals surface area contributed by atoms with Gasteiger partial charge in [-0.15, -0.1) is 0 Å². The summed E-state index contributed by atoms with van der Waals surface area (Å²) in [6.45, 7) is 0.218. The van der Waals surface area contributed by atoms with E-state index in [9.17, 15) is 9.59 Å². The molecule has 1 saturated carbocycles. The fourth-order valence-electron chi connectivity index (χ4n) is 3.66. The minimum absolute atomic E-state index is 0.107. The fourth-order valence-corrected chi connectivity index (χ4v) is 3.66. The molecule has 1 N–H and O–H groups in total. The molecular weight excluding hydrogens is 316 g/mol. The number of para-hydroxylation sites is 2. The normalized spacial score (nSPS) is 18.6. The van der Waals surface area contributed by atoms with Crippen molar-refractivity contribution in [1.82, 2.24) is 10.2 Å². The van der Waals surface area contributed by atoms with Gasteiger partial charge in [-0.1, -0.05) is 49.2 Å². The molecule has 25 heavy (non-hydrogen) atoms. The number of rotatable bonds is 4. The van der Waals surface area contributed by atoms with Crippen LogP contribution in [0.2, 0.25) is 0 Å². The fraction of sp³-hybridized carbons (Fsp3) is 0.300. The minimum Gasteiger partial charge on any atom is -0.457 e. The van der Waals surface area contributed by atoms with Crippen LogP contribution in [-0.2, 0) is 11.3 Å². The van der Waals surface area contributed by atoms with Crippen LogP contribution in [0.5, 0.6) is 11.5 Å². The molecule has 2 aromatic carbocycles. The Balaban J connectivity index is 1.57. The van der Waals surface area contributed by atoms with Crippen LogP contribution in [0.15, 0.2) is 54.6 Å². The number of nitrogens with one attached hydrogen (secondary N) is 1. The molecule has 2 aliphatic rings. The summed E-state index contributed by atoms with van der Waals surface area (Å²) in [6.07, 6.45) is 3.42. The molecule has 1 saturated heterocycles. The lowest BCUT2D eigenvalue weighted by atomic mass is 9.98. The van der Waals surface area contributed by atoms with E-state index in [-0.39, 0.29) is 18.5 Å². The van der Waals surface area contributed by atoms with Crippen molar-refractivity contribution in [2.24, 2.45) is 0 Å². The van der Waals surface area contributed by atoms with Gasteiger partial charge in [0.25, 0.3) is 5.91 Å². The number of ether oxygens (including phenoxy) is 1. The molecule has 0 unspecified atom stereocenters. The van der Waals surface area contributed by atoms with Crippen LogP contribution >= 0.6 is 0 Å². The Kier molecular flexibility index (Phi) is 3.92. The third kappa shape index (κ3) is 2.86. The highest BCUT2D eigenvalue weighted by atomic mass is 16.5. The first-order valence-corrected chi connectivity index (χ1v) is 8.63. The molecule has 1 heterocycles. The van der Waals surface area contributed by atoms with Crippen molar-refractivity contribution in [3.05, 3.63) is 60.2 Å². The first-order chi connectivity index (χ1) is 12.2. The molecule has 1 aliphatic heterocycles. The van der Waals surface area contributed by atoms with Crippen molar-refractivity contribution < 1.29 is 14.3 Å². The molecule has 5 nitrogen and oxygen atoms in total. The maximum Gasteiger partial charge on any atom is 0.325 e.